The Kier molecular flexibility index (Phi) is 5.56. The van der Waals surface area contributed by atoms with Crippen LogP contribution in [0.1, 0.15) is 12.8 Å². The number of benzene rings is 1. The fourth-order valence-electron chi connectivity index (χ4n) is 2.29. The quantitative estimate of drug-likeness (QED) is 0.894. The Morgan fingerprint density at radius 1 is 1.29 bits per heavy atom. The highest BCUT2D eigenvalue weighted by molar-refractivity contribution is 6.42. The van der Waals surface area contributed by atoms with Gasteiger partial charge in [0.15, 0.2) is 0 Å². The van der Waals surface area contributed by atoms with Crippen molar-refractivity contribution < 1.29 is 9.53 Å². The highest BCUT2D eigenvalue weighted by Gasteiger charge is 2.19. The number of hydrogen-bond donors (Lipinski definition) is 2. The predicted octanol–water partition coefficient (Wildman–Crippen LogP) is 3.22. The largest absolute Gasteiger partial charge is 0.495 e. The third-order valence-corrected chi connectivity index (χ3v) is 4.27. The number of carbonyl (C=O) groups is 1. The molecule has 2 N–H and O–H groups in total. The van der Waals surface area contributed by atoms with Crippen LogP contribution in [0.4, 0.5) is 10.5 Å². The van der Waals surface area contributed by atoms with Crippen molar-refractivity contribution in [1.29, 1.82) is 0 Å². The number of rotatable bonds is 3. The minimum atomic E-state index is -0.263. The molecule has 1 fully saturated rings. The minimum absolute atomic E-state index is 0.190. The van der Waals surface area contributed by atoms with Gasteiger partial charge in [0.1, 0.15) is 5.75 Å². The lowest BCUT2D eigenvalue weighted by molar-refractivity contribution is 0.221. The zero-order chi connectivity index (χ0) is 15.4. The highest BCUT2D eigenvalue weighted by atomic mass is 35.5. The van der Waals surface area contributed by atoms with Crippen LogP contribution in [0.5, 0.6) is 5.75 Å². The van der Waals surface area contributed by atoms with Crippen LogP contribution in [0.3, 0.4) is 0 Å². The summed E-state index contributed by atoms with van der Waals surface area (Å²) in [4.78, 5) is 14.3. The van der Waals surface area contributed by atoms with Crippen molar-refractivity contribution in [3.05, 3.63) is 22.2 Å². The van der Waals surface area contributed by atoms with E-state index in [1.165, 1.54) is 7.11 Å². The number of carbonyl (C=O) groups excluding carboxylic acids is 1. The third-order valence-electron chi connectivity index (χ3n) is 3.54. The summed E-state index contributed by atoms with van der Waals surface area (Å²) in [6.45, 7) is 1.97. The molecule has 0 aliphatic carbocycles. The van der Waals surface area contributed by atoms with Crippen LogP contribution in [0.25, 0.3) is 0 Å². The van der Waals surface area contributed by atoms with E-state index in [9.17, 15) is 4.79 Å². The van der Waals surface area contributed by atoms with E-state index in [2.05, 4.69) is 22.6 Å². The molecular weight excluding hydrogens is 313 g/mol. The number of likely N-dealkylation sites (tertiary alicyclic amines) is 1. The number of methoxy groups -OCH3 is 1. The van der Waals surface area contributed by atoms with Gasteiger partial charge < -0.3 is 20.3 Å². The number of nitrogens with zero attached hydrogens (tertiary/aromatic N) is 1. The second-order valence-corrected chi connectivity index (χ2v) is 5.96. The van der Waals surface area contributed by atoms with E-state index >= 15 is 0 Å². The summed E-state index contributed by atoms with van der Waals surface area (Å²) in [6, 6.07) is 3.09. The molecule has 0 spiro atoms. The molecule has 1 saturated heterocycles. The average molecular weight is 332 g/mol. The first-order chi connectivity index (χ1) is 9.99. The van der Waals surface area contributed by atoms with Crippen LogP contribution in [-0.2, 0) is 0 Å². The molecule has 0 saturated carbocycles. The van der Waals surface area contributed by atoms with Gasteiger partial charge in [0, 0.05) is 12.1 Å². The second-order valence-electron chi connectivity index (χ2n) is 5.14. The zero-order valence-electron chi connectivity index (χ0n) is 12.1. The predicted molar refractivity (Wildman–Crippen MR) is 85.7 cm³/mol. The topological polar surface area (TPSA) is 53.6 Å². The summed E-state index contributed by atoms with van der Waals surface area (Å²) in [5, 5.41) is 6.47. The van der Waals surface area contributed by atoms with E-state index in [0.717, 1.165) is 25.9 Å². The monoisotopic (exact) mass is 331 g/mol. The van der Waals surface area contributed by atoms with Crippen LogP contribution in [0.2, 0.25) is 10.0 Å². The van der Waals surface area contributed by atoms with Gasteiger partial charge in [-0.15, -0.1) is 0 Å². The van der Waals surface area contributed by atoms with Crippen molar-refractivity contribution >= 4 is 34.9 Å². The Balaban J connectivity index is 1.98. The number of piperidine rings is 1. The highest BCUT2D eigenvalue weighted by Crippen LogP contribution is 2.34. The summed E-state index contributed by atoms with van der Waals surface area (Å²) in [5.74, 6) is 0.475. The summed E-state index contributed by atoms with van der Waals surface area (Å²) in [6.07, 6.45) is 1.89. The minimum Gasteiger partial charge on any atom is -0.495 e. The van der Waals surface area contributed by atoms with E-state index < -0.39 is 0 Å². The van der Waals surface area contributed by atoms with Gasteiger partial charge in [-0.05, 0) is 39.0 Å². The first kappa shape index (κ1) is 16.2. The molecule has 1 aromatic rings. The summed E-state index contributed by atoms with van der Waals surface area (Å²) in [7, 11) is 3.59. The molecule has 21 heavy (non-hydrogen) atoms. The normalized spacial score (nSPS) is 16.6. The zero-order valence-corrected chi connectivity index (χ0v) is 13.6. The van der Waals surface area contributed by atoms with Gasteiger partial charge in [0.25, 0.3) is 0 Å². The van der Waals surface area contributed by atoms with E-state index in [0.29, 0.717) is 21.5 Å². The first-order valence-electron chi connectivity index (χ1n) is 6.78. The van der Waals surface area contributed by atoms with Gasteiger partial charge in [-0.1, -0.05) is 23.2 Å². The Hall–Kier alpha value is -1.17. The van der Waals surface area contributed by atoms with E-state index in [4.69, 9.17) is 27.9 Å². The maximum Gasteiger partial charge on any atom is 0.319 e. The number of nitrogens with one attached hydrogen (secondary N) is 2. The van der Waals surface area contributed by atoms with Gasteiger partial charge in [0.05, 0.1) is 22.8 Å². The molecule has 5 nitrogen and oxygen atoms in total. The number of anilines is 1. The van der Waals surface area contributed by atoms with Crippen LogP contribution in [0, 0.1) is 0 Å². The van der Waals surface area contributed by atoms with Gasteiger partial charge >= 0.3 is 6.03 Å². The molecule has 116 valence electrons. The summed E-state index contributed by atoms with van der Waals surface area (Å²) >= 11 is 11.9. The molecule has 1 aromatic carbocycles. The molecular formula is C14H19Cl2N3O2. The molecule has 2 rings (SSSR count). The van der Waals surface area contributed by atoms with Gasteiger partial charge in [-0.2, -0.15) is 0 Å². The average Bonchev–Trinajstić information content (AvgIpc) is 2.45. The molecule has 7 heteroatoms. The Labute approximate surface area is 134 Å². The Morgan fingerprint density at radius 3 is 2.52 bits per heavy atom. The molecule has 0 radical (unpaired) electrons. The smallest absolute Gasteiger partial charge is 0.319 e. The summed E-state index contributed by atoms with van der Waals surface area (Å²) < 4.78 is 5.19. The van der Waals surface area contributed by atoms with Crippen molar-refractivity contribution in [1.82, 2.24) is 10.2 Å². The SMILES string of the molecule is COc1cc(Cl)c(Cl)cc1NC(=O)NC1CCN(C)CC1. The lowest BCUT2D eigenvalue weighted by atomic mass is 10.1. The van der Waals surface area contributed by atoms with Gasteiger partial charge in [0.2, 0.25) is 0 Å². The second kappa shape index (κ2) is 7.20. The van der Waals surface area contributed by atoms with Crippen molar-refractivity contribution in [3.63, 3.8) is 0 Å². The number of amides is 2. The van der Waals surface area contributed by atoms with Crippen LogP contribution in [0.15, 0.2) is 12.1 Å². The standard InChI is InChI=1S/C14H19Cl2N3O2/c1-19-5-3-9(4-6-19)17-14(20)18-12-7-10(15)11(16)8-13(12)21-2/h7-9H,3-6H2,1-2H3,(H2,17,18,20). The lowest BCUT2D eigenvalue weighted by Crippen LogP contribution is -2.44. The van der Waals surface area contributed by atoms with Gasteiger partial charge in [-0.3, -0.25) is 0 Å². The first-order valence-corrected chi connectivity index (χ1v) is 7.54. The Morgan fingerprint density at radius 2 is 1.90 bits per heavy atom. The van der Waals surface area contributed by atoms with Crippen molar-refractivity contribution in [2.45, 2.75) is 18.9 Å². The molecule has 0 bridgehead atoms. The molecule has 0 unspecified atom stereocenters. The maximum absolute atomic E-state index is 12.1. The fraction of sp³-hybridized carbons (Fsp3) is 0.500. The van der Waals surface area contributed by atoms with Crippen molar-refractivity contribution in [2.24, 2.45) is 0 Å². The van der Waals surface area contributed by atoms with E-state index in [1.807, 2.05) is 0 Å². The molecule has 2 amide bonds. The number of urea groups is 1. The number of halogens is 2. The van der Waals surface area contributed by atoms with Gasteiger partial charge in [-0.25, -0.2) is 4.79 Å². The van der Waals surface area contributed by atoms with Crippen molar-refractivity contribution in [2.75, 3.05) is 32.6 Å². The van der Waals surface area contributed by atoms with Crippen LogP contribution < -0.4 is 15.4 Å². The molecule has 1 heterocycles. The van der Waals surface area contributed by atoms with Crippen LogP contribution >= 0.6 is 23.2 Å². The lowest BCUT2D eigenvalue weighted by Gasteiger charge is -2.29. The van der Waals surface area contributed by atoms with Crippen molar-refractivity contribution in [3.8, 4) is 5.75 Å². The van der Waals surface area contributed by atoms with E-state index in [-0.39, 0.29) is 12.1 Å². The molecule has 1 aliphatic rings. The fourth-order valence-corrected chi connectivity index (χ4v) is 2.61. The Bertz CT molecular complexity index is 517. The summed E-state index contributed by atoms with van der Waals surface area (Å²) in [5.41, 5.74) is 0.498. The molecule has 0 atom stereocenters. The number of hydrogen-bond acceptors (Lipinski definition) is 3. The molecule has 1 aliphatic heterocycles. The van der Waals surface area contributed by atoms with Crippen LogP contribution in [-0.4, -0.2) is 44.2 Å². The third kappa shape index (κ3) is 4.40. The number of ether oxygens (including phenoxy) is 1. The molecule has 0 aromatic heterocycles. The maximum atomic E-state index is 12.1. The van der Waals surface area contributed by atoms with E-state index in [1.54, 1.807) is 12.1 Å².